The third kappa shape index (κ3) is 3.90. The van der Waals surface area contributed by atoms with Gasteiger partial charge in [-0.05, 0) is 25.7 Å². The topological polar surface area (TPSA) is 66.4 Å². The van der Waals surface area contributed by atoms with Gasteiger partial charge in [-0.2, -0.15) is 13.2 Å². The number of carbonyl (C=O) groups is 2. The Morgan fingerprint density at radius 1 is 1.35 bits per heavy atom. The molecule has 1 fully saturated rings. The van der Waals surface area contributed by atoms with Gasteiger partial charge in [0.1, 0.15) is 5.54 Å². The predicted molar refractivity (Wildman–Crippen MR) is 52.2 cm³/mol. The summed E-state index contributed by atoms with van der Waals surface area (Å²) in [6.45, 7) is 1.33. The molecule has 0 aromatic rings. The van der Waals surface area contributed by atoms with Crippen LogP contribution in [0, 0.1) is 5.92 Å². The second kappa shape index (κ2) is 4.54. The molecule has 0 aromatic heterocycles. The van der Waals surface area contributed by atoms with Gasteiger partial charge in [0.05, 0.1) is 6.42 Å². The van der Waals surface area contributed by atoms with E-state index in [4.69, 9.17) is 5.11 Å². The lowest BCUT2D eigenvalue weighted by Gasteiger charge is -2.26. The van der Waals surface area contributed by atoms with Gasteiger partial charge in [0.15, 0.2) is 0 Å². The number of aliphatic carboxylic acids is 1. The highest BCUT2D eigenvalue weighted by molar-refractivity contribution is 5.87. The van der Waals surface area contributed by atoms with Crippen LogP contribution in [0.15, 0.2) is 0 Å². The summed E-state index contributed by atoms with van der Waals surface area (Å²) in [5.74, 6) is -2.27. The summed E-state index contributed by atoms with van der Waals surface area (Å²) in [6.07, 6.45) is -5.04. The molecule has 1 amide bonds. The van der Waals surface area contributed by atoms with Crippen molar-refractivity contribution in [2.24, 2.45) is 5.92 Å². The summed E-state index contributed by atoms with van der Waals surface area (Å²) in [5.41, 5.74) is -1.44. The minimum absolute atomic E-state index is 0.185. The first-order valence-corrected chi connectivity index (χ1v) is 5.26. The normalized spacial score (nSPS) is 19.5. The number of carbonyl (C=O) groups excluding carboxylic acids is 1. The largest absolute Gasteiger partial charge is 0.480 e. The van der Waals surface area contributed by atoms with Gasteiger partial charge in [0.2, 0.25) is 5.91 Å². The average molecular weight is 253 g/mol. The second-order valence-electron chi connectivity index (χ2n) is 4.45. The zero-order valence-electron chi connectivity index (χ0n) is 9.30. The Kier molecular flexibility index (Phi) is 3.68. The van der Waals surface area contributed by atoms with Gasteiger partial charge in [-0.1, -0.05) is 0 Å². The van der Waals surface area contributed by atoms with Crippen molar-refractivity contribution in [3.8, 4) is 0 Å². The molecular weight excluding hydrogens is 239 g/mol. The summed E-state index contributed by atoms with van der Waals surface area (Å²) in [4.78, 5) is 22.3. The van der Waals surface area contributed by atoms with E-state index in [1.54, 1.807) is 0 Å². The monoisotopic (exact) mass is 253 g/mol. The van der Waals surface area contributed by atoms with Crippen molar-refractivity contribution in [2.45, 2.75) is 44.3 Å². The Balaban J connectivity index is 2.51. The van der Waals surface area contributed by atoms with E-state index in [1.165, 1.54) is 6.92 Å². The van der Waals surface area contributed by atoms with Crippen LogP contribution in [0.5, 0.6) is 0 Å². The Labute approximate surface area is 96.2 Å². The van der Waals surface area contributed by atoms with E-state index in [2.05, 4.69) is 5.32 Å². The number of carboxylic acid groups (broad SMARTS) is 1. The van der Waals surface area contributed by atoms with Gasteiger partial charge in [0, 0.05) is 6.42 Å². The van der Waals surface area contributed by atoms with Crippen LogP contribution in [-0.2, 0) is 9.59 Å². The highest BCUT2D eigenvalue weighted by atomic mass is 19.4. The summed E-state index contributed by atoms with van der Waals surface area (Å²) >= 11 is 0. The molecule has 0 saturated heterocycles. The lowest BCUT2D eigenvalue weighted by molar-refractivity contribution is -0.151. The first-order chi connectivity index (χ1) is 7.65. The zero-order valence-corrected chi connectivity index (χ0v) is 9.30. The number of halogens is 3. The fraction of sp³-hybridized carbons (Fsp3) is 0.800. The number of nitrogens with one attached hydrogen (secondary N) is 1. The van der Waals surface area contributed by atoms with Crippen LogP contribution in [0.25, 0.3) is 0 Å². The number of hydrogen-bond acceptors (Lipinski definition) is 2. The van der Waals surface area contributed by atoms with Crippen LogP contribution in [0.2, 0.25) is 0 Å². The third-order valence-electron chi connectivity index (χ3n) is 2.87. The molecule has 4 nitrogen and oxygen atoms in total. The lowest BCUT2D eigenvalue weighted by atomic mass is 9.95. The van der Waals surface area contributed by atoms with Crippen molar-refractivity contribution in [1.29, 1.82) is 0 Å². The van der Waals surface area contributed by atoms with Gasteiger partial charge < -0.3 is 10.4 Å². The molecule has 0 aliphatic heterocycles. The number of alkyl halides is 3. The fourth-order valence-electron chi connectivity index (χ4n) is 1.60. The Hall–Kier alpha value is -1.27. The number of amides is 1. The van der Waals surface area contributed by atoms with Gasteiger partial charge in [-0.15, -0.1) is 0 Å². The van der Waals surface area contributed by atoms with Crippen molar-refractivity contribution in [3.63, 3.8) is 0 Å². The number of rotatable bonds is 5. The van der Waals surface area contributed by atoms with Crippen LogP contribution in [0.1, 0.15) is 32.6 Å². The van der Waals surface area contributed by atoms with Gasteiger partial charge in [0.25, 0.3) is 0 Å². The number of carboxylic acids is 1. The zero-order chi connectivity index (χ0) is 13.3. The molecule has 0 aromatic carbocycles. The SMILES string of the molecule is C[C@@](NC(=O)CCC(F)(F)F)(C(=O)O)C1CC1. The maximum absolute atomic E-state index is 11.9. The highest BCUT2D eigenvalue weighted by Crippen LogP contribution is 2.39. The van der Waals surface area contributed by atoms with Gasteiger partial charge in [-0.25, -0.2) is 4.79 Å². The van der Waals surface area contributed by atoms with E-state index < -0.39 is 36.4 Å². The van der Waals surface area contributed by atoms with E-state index in [1.807, 2.05) is 0 Å². The summed E-state index contributed by atoms with van der Waals surface area (Å²) in [5, 5.41) is 11.2. The molecule has 1 rings (SSSR count). The van der Waals surface area contributed by atoms with Crippen molar-refractivity contribution < 1.29 is 27.9 Å². The molecule has 1 saturated carbocycles. The van der Waals surface area contributed by atoms with Crippen molar-refractivity contribution in [3.05, 3.63) is 0 Å². The first kappa shape index (κ1) is 13.8. The fourth-order valence-corrected chi connectivity index (χ4v) is 1.60. The first-order valence-electron chi connectivity index (χ1n) is 5.26. The van der Waals surface area contributed by atoms with E-state index >= 15 is 0 Å². The summed E-state index contributed by atoms with van der Waals surface area (Å²) in [7, 11) is 0. The van der Waals surface area contributed by atoms with Gasteiger partial charge >= 0.3 is 12.1 Å². The van der Waals surface area contributed by atoms with Gasteiger partial charge in [-0.3, -0.25) is 4.79 Å². The van der Waals surface area contributed by atoms with Crippen LogP contribution in [-0.4, -0.2) is 28.7 Å². The van der Waals surface area contributed by atoms with Crippen molar-refractivity contribution >= 4 is 11.9 Å². The van der Waals surface area contributed by atoms with Crippen LogP contribution in [0.3, 0.4) is 0 Å². The second-order valence-corrected chi connectivity index (χ2v) is 4.45. The molecule has 1 aliphatic carbocycles. The molecule has 17 heavy (non-hydrogen) atoms. The minimum atomic E-state index is -4.41. The van der Waals surface area contributed by atoms with E-state index in [-0.39, 0.29) is 5.92 Å². The standard InChI is InChI=1S/C10H14F3NO3/c1-9(8(16)17,6-2-3-6)14-7(15)4-5-10(11,12)13/h6H,2-5H2,1H3,(H,14,15)(H,16,17)/t9-/m0/s1. The third-order valence-corrected chi connectivity index (χ3v) is 2.87. The lowest BCUT2D eigenvalue weighted by Crippen LogP contribution is -2.54. The predicted octanol–water partition coefficient (Wildman–Crippen LogP) is 1.70. The summed E-state index contributed by atoms with van der Waals surface area (Å²) < 4.78 is 35.6. The Morgan fingerprint density at radius 2 is 1.88 bits per heavy atom. The number of hydrogen-bond donors (Lipinski definition) is 2. The Morgan fingerprint density at radius 3 is 2.24 bits per heavy atom. The highest BCUT2D eigenvalue weighted by Gasteiger charge is 2.48. The molecule has 98 valence electrons. The molecule has 1 aliphatic rings. The molecule has 0 radical (unpaired) electrons. The van der Waals surface area contributed by atoms with Crippen LogP contribution < -0.4 is 5.32 Å². The molecule has 7 heteroatoms. The molecule has 1 atom stereocenters. The smallest absolute Gasteiger partial charge is 0.389 e. The average Bonchev–Trinajstić information content (AvgIpc) is 2.96. The Bertz CT molecular complexity index is 325. The molecule has 0 heterocycles. The quantitative estimate of drug-likeness (QED) is 0.783. The molecule has 2 N–H and O–H groups in total. The molecule has 0 unspecified atom stereocenters. The van der Waals surface area contributed by atoms with Crippen LogP contribution >= 0.6 is 0 Å². The minimum Gasteiger partial charge on any atom is -0.480 e. The molecule has 0 spiro atoms. The maximum Gasteiger partial charge on any atom is 0.389 e. The van der Waals surface area contributed by atoms with Crippen LogP contribution in [0.4, 0.5) is 13.2 Å². The van der Waals surface area contributed by atoms with Crippen molar-refractivity contribution in [2.75, 3.05) is 0 Å². The molecular formula is C10H14F3NO3. The van der Waals surface area contributed by atoms with E-state index in [9.17, 15) is 22.8 Å². The van der Waals surface area contributed by atoms with E-state index in [0.29, 0.717) is 12.8 Å². The maximum atomic E-state index is 11.9. The molecule has 0 bridgehead atoms. The summed E-state index contributed by atoms with van der Waals surface area (Å²) in [6, 6.07) is 0. The van der Waals surface area contributed by atoms with Crippen molar-refractivity contribution in [1.82, 2.24) is 5.32 Å². The van der Waals surface area contributed by atoms with E-state index in [0.717, 1.165) is 0 Å².